The summed E-state index contributed by atoms with van der Waals surface area (Å²) in [5.41, 5.74) is 2.12. The molecule has 2 amide bonds. The fourth-order valence-electron chi connectivity index (χ4n) is 3.91. The monoisotopic (exact) mass is 422 g/mol. The van der Waals surface area contributed by atoms with Gasteiger partial charge in [0.25, 0.3) is 0 Å². The first-order valence-corrected chi connectivity index (χ1v) is 9.99. The standard InChI is InChI=1S/C21H22N6O4/c1-29-14-7-5-13(6-8-14)23-21(28)24-17-11-30-20-18(12-31-19(17)20)27-10-16(25-26-27)15-4-2-3-9-22-15/h2-10,17-20H,11-12H2,1H3,(H2,23,24,28)/t17-,18-,19+,20+/m0/s1. The predicted molar refractivity (Wildman–Crippen MR) is 111 cm³/mol. The minimum atomic E-state index is -0.315. The lowest BCUT2D eigenvalue weighted by molar-refractivity contribution is 0.0622. The summed E-state index contributed by atoms with van der Waals surface area (Å²) in [7, 11) is 1.60. The van der Waals surface area contributed by atoms with E-state index in [9.17, 15) is 4.79 Å². The van der Waals surface area contributed by atoms with E-state index >= 15 is 0 Å². The molecule has 2 N–H and O–H groups in total. The van der Waals surface area contributed by atoms with Gasteiger partial charge in [-0.2, -0.15) is 0 Å². The van der Waals surface area contributed by atoms with Crippen molar-refractivity contribution < 1.29 is 19.0 Å². The number of hydrogen-bond donors (Lipinski definition) is 2. The molecule has 0 radical (unpaired) electrons. The molecular weight excluding hydrogens is 400 g/mol. The maximum absolute atomic E-state index is 12.4. The zero-order chi connectivity index (χ0) is 21.2. The molecule has 3 aromatic rings. The molecule has 5 rings (SSSR count). The molecule has 0 saturated carbocycles. The van der Waals surface area contributed by atoms with E-state index in [4.69, 9.17) is 14.2 Å². The van der Waals surface area contributed by atoms with Crippen LogP contribution in [0, 0.1) is 0 Å². The van der Waals surface area contributed by atoms with Crippen LogP contribution in [0.4, 0.5) is 10.5 Å². The van der Waals surface area contributed by atoms with Crippen molar-refractivity contribution in [3.63, 3.8) is 0 Å². The average molecular weight is 422 g/mol. The van der Waals surface area contributed by atoms with Gasteiger partial charge in [-0.15, -0.1) is 5.10 Å². The van der Waals surface area contributed by atoms with Gasteiger partial charge in [0, 0.05) is 11.9 Å². The summed E-state index contributed by atoms with van der Waals surface area (Å²) >= 11 is 0. The number of hydrogen-bond acceptors (Lipinski definition) is 7. The van der Waals surface area contributed by atoms with Gasteiger partial charge >= 0.3 is 6.03 Å². The number of amides is 2. The molecule has 1 aromatic carbocycles. The lowest BCUT2D eigenvalue weighted by Gasteiger charge is -2.18. The second-order valence-electron chi connectivity index (χ2n) is 7.40. The van der Waals surface area contributed by atoms with E-state index in [1.807, 2.05) is 24.4 Å². The topological polar surface area (TPSA) is 112 Å². The van der Waals surface area contributed by atoms with Gasteiger partial charge < -0.3 is 24.8 Å². The highest BCUT2D eigenvalue weighted by atomic mass is 16.6. The van der Waals surface area contributed by atoms with Crippen molar-refractivity contribution in [3.05, 3.63) is 54.9 Å². The van der Waals surface area contributed by atoms with Gasteiger partial charge in [0.2, 0.25) is 0 Å². The first-order valence-electron chi connectivity index (χ1n) is 9.99. The molecule has 0 bridgehead atoms. The van der Waals surface area contributed by atoms with Gasteiger partial charge in [0.1, 0.15) is 29.7 Å². The van der Waals surface area contributed by atoms with Gasteiger partial charge in [0.15, 0.2) is 0 Å². The minimum absolute atomic E-state index is 0.119. The molecule has 4 heterocycles. The van der Waals surface area contributed by atoms with Crippen LogP contribution in [0.15, 0.2) is 54.9 Å². The maximum atomic E-state index is 12.4. The van der Waals surface area contributed by atoms with E-state index in [0.717, 1.165) is 11.4 Å². The van der Waals surface area contributed by atoms with E-state index in [1.54, 1.807) is 42.3 Å². The smallest absolute Gasteiger partial charge is 0.319 e. The molecule has 10 heteroatoms. The SMILES string of the molecule is COc1ccc(NC(=O)N[C@H]2CO[C@H]3[C@@H]2OC[C@@H]3n2cc(-c3ccccn3)nn2)cc1. The van der Waals surface area contributed by atoms with Crippen molar-refractivity contribution >= 4 is 11.7 Å². The summed E-state index contributed by atoms with van der Waals surface area (Å²) in [6.45, 7) is 0.794. The van der Waals surface area contributed by atoms with Gasteiger partial charge in [-0.25, -0.2) is 9.48 Å². The Morgan fingerprint density at radius 2 is 1.94 bits per heavy atom. The van der Waals surface area contributed by atoms with Crippen molar-refractivity contribution in [3.8, 4) is 17.1 Å². The highest BCUT2D eigenvalue weighted by Gasteiger charge is 2.49. The molecular formula is C21H22N6O4. The van der Waals surface area contributed by atoms with Crippen LogP contribution in [-0.2, 0) is 9.47 Å². The van der Waals surface area contributed by atoms with Crippen LogP contribution in [-0.4, -0.2) is 64.6 Å². The number of nitrogens with one attached hydrogen (secondary N) is 2. The zero-order valence-electron chi connectivity index (χ0n) is 16.8. The van der Waals surface area contributed by atoms with Crippen molar-refractivity contribution in [1.29, 1.82) is 0 Å². The normalized spacial score (nSPS) is 24.5. The number of methoxy groups -OCH3 is 1. The number of rotatable bonds is 5. The number of carbonyl (C=O) groups excluding carboxylic acids is 1. The lowest BCUT2D eigenvalue weighted by Crippen LogP contribution is -2.45. The maximum Gasteiger partial charge on any atom is 0.319 e. The largest absolute Gasteiger partial charge is 0.497 e. The number of nitrogens with zero attached hydrogens (tertiary/aromatic N) is 4. The Morgan fingerprint density at radius 3 is 2.71 bits per heavy atom. The summed E-state index contributed by atoms with van der Waals surface area (Å²) in [6, 6.07) is 12.1. The summed E-state index contributed by atoms with van der Waals surface area (Å²) in [6.07, 6.45) is 3.09. The van der Waals surface area contributed by atoms with Crippen LogP contribution in [0.1, 0.15) is 6.04 Å². The first-order chi connectivity index (χ1) is 15.2. The second kappa shape index (κ2) is 8.32. The third-order valence-electron chi connectivity index (χ3n) is 5.47. The van der Waals surface area contributed by atoms with E-state index in [-0.39, 0.29) is 30.3 Å². The van der Waals surface area contributed by atoms with Gasteiger partial charge in [0.05, 0.1) is 38.3 Å². The van der Waals surface area contributed by atoms with Crippen LogP contribution in [0.25, 0.3) is 11.4 Å². The number of fused-ring (bicyclic) bond motifs is 1. The molecule has 2 aromatic heterocycles. The number of aromatic nitrogens is 4. The Kier molecular flexibility index (Phi) is 5.23. The number of benzene rings is 1. The predicted octanol–water partition coefficient (Wildman–Crippen LogP) is 1.88. The molecule has 0 spiro atoms. The molecule has 0 unspecified atom stereocenters. The summed E-state index contributed by atoms with van der Waals surface area (Å²) < 4.78 is 18.8. The first kappa shape index (κ1) is 19.5. The molecule has 2 aliphatic rings. The van der Waals surface area contributed by atoms with Gasteiger partial charge in [-0.3, -0.25) is 4.98 Å². The Morgan fingerprint density at radius 1 is 1.10 bits per heavy atom. The van der Waals surface area contributed by atoms with Gasteiger partial charge in [-0.05, 0) is 36.4 Å². The van der Waals surface area contributed by atoms with E-state index < -0.39 is 0 Å². The third-order valence-corrected chi connectivity index (χ3v) is 5.47. The van der Waals surface area contributed by atoms with E-state index in [1.165, 1.54) is 0 Å². The number of ether oxygens (including phenoxy) is 3. The Labute approximate surface area is 178 Å². The van der Waals surface area contributed by atoms with E-state index in [2.05, 4.69) is 25.9 Å². The Balaban J connectivity index is 1.21. The fourth-order valence-corrected chi connectivity index (χ4v) is 3.91. The highest BCUT2D eigenvalue weighted by Crippen LogP contribution is 2.34. The van der Waals surface area contributed by atoms with Crippen LogP contribution >= 0.6 is 0 Å². The van der Waals surface area contributed by atoms with Crippen LogP contribution in [0.3, 0.4) is 0 Å². The van der Waals surface area contributed by atoms with Crippen LogP contribution in [0.5, 0.6) is 5.75 Å². The van der Waals surface area contributed by atoms with Gasteiger partial charge in [-0.1, -0.05) is 11.3 Å². The third kappa shape index (κ3) is 3.94. The quantitative estimate of drug-likeness (QED) is 0.646. The summed E-state index contributed by atoms with van der Waals surface area (Å²) in [5, 5.41) is 14.2. The number of carbonyl (C=O) groups is 1. The highest BCUT2D eigenvalue weighted by molar-refractivity contribution is 5.89. The Bertz CT molecular complexity index is 1040. The summed E-state index contributed by atoms with van der Waals surface area (Å²) in [5.74, 6) is 0.725. The number of urea groups is 1. The summed E-state index contributed by atoms with van der Waals surface area (Å²) in [4.78, 5) is 16.7. The van der Waals surface area contributed by atoms with Crippen molar-refractivity contribution in [2.75, 3.05) is 25.6 Å². The molecule has 2 saturated heterocycles. The van der Waals surface area contributed by atoms with Crippen LogP contribution < -0.4 is 15.4 Å². The fraction of sp³-hybridized carbons (Fsp3) is 0.333. The van der Waals surface area contributed by atoms with Crippen LogP contribution in [0.2, 0.25) is 0 Å². The van der Waals surface area contributed by atoms with Crippen molar-refractivity contribution in [2.24, 2.45) is 0 Å². The molecule has 10 nitrogen and oxygen atoms in total. The minimum Gasteiger partial charge on any atom is -0.497 e. The average Bonchev–Trinajstić information content (AvgIpc) is 3.52. The number of anilines is 1. The van der Waals surface area contributed by atoms with Crippen molar-refractivity contribution in [1.82, 2.24) is 25.3 Å². The molecule has 160 valence electrons. The second-order valence-corrected chi connectivity index (χ2v) is 7.40. The Hall–Kier alpha value is -3.50. The lowest BCUT2D eigenvalue weighted by atomic mass is 10.1. The van der Waals surface area contributed by atoms with Crippen molar-refractivity contribution in [2.45, 2.75) is 24.3 Å². The number of pyridine rings is 1. The van der Waals surface area contributed by atoms with E-state index in [0.29, 0.717) is 24.6 Å². The molecule has 4 atom stereocenters. The molecule has 0 aliphatic carbocycles. The molecule has 2 aliphatic heterocycles. The zero-order valence-corrected chi connectivity index (χ0v) is 16.8. The molecule has 2 fully saturated rings. The molecule has 31 heavy (non-hydrogen) atoms.